The molecule has 0 amide bonds. The second-order valence-corrected chi connectivity index (χ2v) is 4.96. The van der Waals surface area contributed by atoms with Gasteiger partial charge in [-0.3, -0.25) is 0 Å². The highest BCUT2D eigenvalue weighted by molar-refractivity contribution is 7.89. The number of halogens is 4. The first kappa shape index (κ1) is 14.0. The van der Waals surface area contributed by atoms with Crippen molar-refractivity contribution in [3.05, 3.63) is 0 Å². The van der Waals surface area contributed by atoms with Crippen molar-refractivity contribution in [1.29, 1.82) is 0 Å². The maximum absolute atomic E-state index is 11.6. The third-order valence-corrected chi connectivity index (χ3v) is 2.97. The van der Waals surface area contributed by atoms with E-state index < -0.39 is 22.7 Å². The zero-order valence-corrected chi connectivity index (χ0v) is 8.84. The fourth-order valence-corrected chi connectivity index (χ4v) is 1.95. The Balaban J connectivity index is 3.85. The van der Waals surface area contributed by atoms with E-state index in [2.05, 4.69) is 0 Å². The number of hydrogen-bond donors (Lipinski definition) is 1. The molecular weight excluding hydrogens is 243 g/mol. The third kappa shape index (κ3) is 8.58. The molecule has 0 aromatic heterocycles. The second kappa shape index (κ2) is 5.77. The summed E-state index contributed by atoms with van der Waals surface area (Å²) in [5.74, 6) is -0.0232. The van der Waals surface area contributed by atoms with Gasteiger partial charge in [0, 0.05) is 5.88 Å². The summed E-state index contributed by atoms with van der Waals surface area (Å²) in [5, 5.41) is 0. The summed E-state index contributed by atoms with van der Waals surface area (Å²) in [6.07, 6.45) is -3.79. The SMILES string of the molecule is O=S(=O)(CCCCCl)NCC(F)(F)F. The van der Waals surface area contributed by atoms with Gasteiger partial charge in [-0.1, -0.05) is 0 Å². The molecule has 0 rings (SSSR count). The lowest BCUT2D eigenvalue weighted by molar-refractivity contribution is -0.121. The van der Waals surface area contributed by atoms with Crippen LogP contribution in [0.15, 0.2) is 0 Å². The number of unbranched alkanes of at least 4 members (excludes halogenated alkanes) is 1. The van der Waals surface area contributed by atoms with Crippen LogP contribution < -0.4 is 4.72 Å². The van der Waals surface area contributed by atoms with Gasteiger partial charge in [-0.05, 0) is 12.8 Å². The van der Waals surface area contributed by atoms with Crippen molar-refractivity contribution in [1.82, 2.24) is 4.72 Å². The van der Waals surface area contributed by atoms with Gasteiger partial charge < -0.3 is 0 Å². The summed E-state index contributed by atoms with van der Waals surface area (Å²) in [6, 6.07) is 0. The predicted octanol–water partition coefficient (Wildman–Crippen LogP) is 1.49. The fraction of sp³-hybridized carbons (Fsp3) is 1.00. The van der Waals surface area contributed by atoms with E-state index in [1.165, 1.54) is 4.72 Å². The van der Waals surface area contributed by atoms with Gasteiger partial charge in [-0.25, -0.2) is 13.1 Å². The molecule has 8 heteroatoms. The number of nitrogens with one attached hydrogen (secondary N) is 1. The van der Waals surface area contributed by atoms with Crippen molar-refractivity contribution in [2.24, 2.45) is 0 Å². The van der Waals surface area contributed by atoms with Crippen LogP contribution in [0.4, 0.5) is 13.2 Å². The molecule has 0 saturated heterocycles. The monoisotopic (exact) mass is 253 g/mol. The molecule has 0 radical (unpaired) electrons. The molecule has 0 aliphatic rings. The van der Waals surface area contributed by atoms with Gasteiger partial charge in [0.05, 0.1) is 5.75 Å². The Morgan fingerprint density at radius 3 is 2.21 bits per heavy atom. The Labute approximate surface area is 85.7 Å². The van der Waals surface area contributed by atoms with Crippen molar-refractivity contribution in [2.75, 3.05) is 18.2 Å². The highest BCUT2D eigenvalue weighted by Crippen LogP contribution is 2.12. The molecule has 0 fully saturated rings. The van der Waals surface area contributed by atoms with E-state index in [0.29, 0.717) is 12.3 Å². The van der Waals surface area contributed by atoms with Crippen molar-refractivity contribution < 1.29 is 21.6 Å². The van der Waals surface area contributed by atoms with Crippen LogP contribution >= 0.6 is 11.6 Å². The maximum Gasteiger partial charge on any atom is 0.402 e. The molecule has 0 heterocycles. The normalized spacial score (nSPS) is 13.1. The second-order valence-electron chi connectivity index (χ2n) is 2.65. The lowest BCUT2D eigenvalue weighted by Gasteiger charge is -2.08. The van der Waals surface area contributed by atoms with Crippen LogP contribution in [0.1, 0.15) is 12.8 Å². The Kier molecular flexibility index (Phi) is 5.77. The molecule has 0 aromatic rings. The number of hydrogen-bond acceptors (Lipinski definition) is 2. The first-order chi connectivity index (χ1) is 6.27. The van der Waals surface area contributed by atoms with Gasteiger partial charge in [0.15, 0.2) is 0 Å². The zero-order valence-electron chi connectivity index (χ0n) is 7.27. The van der Waals surface area contributed by atoms with Crippen LogP contribution in [0.5, 0.6) is 0 Å². The van der Waals surface area contributed by atoms with Gasteiger partial charge >= 0.3 is 6.18 Å². The minimum absolute atomic E-state index is 0.261. The predicted molar refractivity (Wildman–Crippen MR) is 47.8 cm³/mol. The summed E-state index contributed by atoms with van der Waals surface area (Å²) in [6.45, 7) is -1.52. The Morgan fingerprint density at radius 2 is 1.79 bits per heavy atom. The van der Waals surface area contributed by atoms with Crippen LogP contribution in [0.3, 0.4) is 0 Å². The summed E-state index contributed by atoms with van der Waals surface area (Å²) in [4.78, 5) is 0. The Morgan fingerprint density at radius 1 is 1.21 bits per heavy atom. The molecule has 1 N–H and O–H groups in total. The average molecular weight is 254 g/mol. The Bertz CT molecular complexity index is 252. The van der Waals surface area contributed by atoms with E-state index in [-0.39, 0.29) is 12.2 Å². The van der Waals surface area contributed by atoms with Crippen molar-refractivity contribution in [3.63, 3.8) is 0 Å². The quantitative estimate of drug-likeness (QED) is 0.576. The lowest BCUT2D eigenvalue weighted by Crippen LogP contribution is -2.35. The largest absolute Gasteiger partial charge is 0.402 e. The maximum atomic E-state index is 11.6. The van der Waals surface area contributed by atoms with E-state index in [1.54, 1.807) is 0 Å². The van der Waals surface area contributed by atoms with Crippen molar-refractivity contribution in [2.45, 2.75) is 19.0 Å². The first-order valence-electron chi connectivity index (χ1n) is 3.87. The van der Waals surface area contributed by atoms with E-state index in [1.807, 2.05) is 0 Å². The van der Waals surface area contributed by atoms with E-state index >= 15 is 0 Å². The number of alkyl halides is 4. The highest BCUT2D eigenvalue weighted by Gasteiger charge is 2.29. The molecule has 3 nitrogen and oxygen atoms in total. The lowest BCUT2D eigenvalue weighted by atomic mass is 10.4. The molecule has 0 saturated carbocycles. The molecule has 0 spiro atoms. The van der Waals surface area contributed by atoms with Crippen LogP contribution in [0.2, 0.25) is 0 Å². The minimum atomic E-state index is -4.51. The van der Waals surface area contributed by atoms with E-state index in [4.69, 9.17) is 11.6 Å². The van der Waals surface area contributed by atoms with Gasteiger partial charge in [0.25, 0.3) is 0 Å². The van der Waals surface area contributed by atoms with E-state index in [0.717, 1.165) is 0 Å². The molecule has 0 aliphatic carbocycles. The molecule has 0 unspecified atom stereocenters. The van der Waals surface area contributed by atoms with Gasteiger partial charge in [0.2, 0.25) is 10.0 Å². The summed E-state index contributed by atoms with van der Waals surface area (Å²) < 4.78 is 58.1. The molecule has 14 heavy (non-hydrogen) atoms. The topological polar surface area (TPSA) is 46.2 Å². The Hall–Kier alpha value is -0.0100. The van der Waals surface area contributed by atoms with Crippen molar-refractivity contribution in [3.8, 4) is 0 Å². The first-order valence-corrected chi connectivity index (χ1v) is 6.05. The minimum Gasteiger partial charge on any atom is -0.212 e. The van der Waals surface area contributed by atoms with Crippen LogP contribution in [0.25, 0.3) is 0 Å². The molecule has 86 valence electrons. The van der Waals surface area contributed by atoms with Crippen molar-refractivity contribution >= 4 is 21.6 Å². The van der Waals surface area contributed by atoms with E-state index in [9.17, 15) is 21.6 Å². The van der Waals surface area contributed by atoms with Gasteiger partial charge in [-0.2, -0.15) is 13.2 Å². The zero-order chi connectivity index (χ0) is 11.2. The summed E-state index contributed by atoms with van der Waals surface area (Å²) in [5.41, 5.74) is 0. The van der Waals surface area contributed by atoms with Crippen LogP contribution in [0, 0.1) is 0 Å². The standard InChI is InChI=1S/C6H11ClF3NO2S/c7-3-1-2-4-14(12,13)11-5-6(8,9)10/h11H,1-5H2. The average Bonchev–Trinajstić information content (AvgIpc) is 2.00. The van der Waals surface area contributed by atoms with Gasteiger partial charge in [-0.15, -0.1) is 11.6 Å². The number of rotatable bonds is 6. The molecule has 0 aliphatic heterocycles. The molecule has 0 atom stereocenters. The smallest absolute Gasteiger partial charge is 0.212 e. The molecule has 0 bridgehead atoms. The highest BCUT2D eigenvalue weighted by atomic mass is 35.5. The number of sulfonamides is 1. The third-order valence-electron chi connectivity index (χ3n) is 1.29. The molecule has 0 aromatic carbocycles. The fourth-order valence-electron chi connectivity index (χ4n) is 0.651. The summed E-state index contributed by atoms with van der Waals surface area (Å²) in [7, 11) is -3.82. The van der Waals surface area contributed by atoms with Gasteiger partial charge in [0.1, 0.15) is 6.54 Å². The van der Waals surface area contributed by atoms with Crippen LogP contribution in [-0.4, -0.2) is 32.8 Å². The van der Waals surface area contributed by atoms with Crippen LogP contribution in [-0.2, 0) is 10.0 Å². The molecular formula is C6H11ClF3NO2S. The summed E-state index contributed by atoms with van der Waals surface area (Å²) >= 11 is 5.28.